The lowest BCUT2D eigenvalue weighted by Crippen LogP contribution is -2.39. The number of carbonyl (C=O) groups is 2. The molecule has 0 fully saturated rings. The SMILES string of the molecule is CCCC(O)CNC(=O)C(=O)Nc1ccccc1-c1ccccc1. The lowest BCUT2D eigenvalue weighted by atomic mass is 10.0. The lowest BCUT2D eigenvalue weighted by Gasteiger charge is -2.13. The van der Waals surface area contributed by atoms with Crippen LogP contribution in [0.5, 0.6) is 0 Å². The minimum absolute atomic E-state index is 0.0699. The van der Waals surface area contributed by atoms with Crippen molar-refractivity contribution in [2.75, 3.05) is 11.9 Å². The van der Waals surface area contributed by atoms with Gasteiger partial charge in [0, 0.05) is 17.8 Å². The predicted octanol–water partition coefficient (Wildman–Crippen LogP) is 2.57. The topological polar surface area (TPSA) is 78.4 Å². The van der Waals surface area contributed by atoms with Crippen LogP contribution in [0.4, 0.5) is 5.69 Å². The summed E-state index contributed by atoms with van der Waals surface area (Å²) in [5.41, 5.74) is 2.36. The number of carbonyl (C=O) groups excluding carboxylic acids is 2. The summed E-state index contributed by atoms with van der Waals surface area (Å²) in [7, 11) is 0. The number of benzene rings is 2. The van der Waals surface area contributed by atoms with Crippen molar-refractivity contribution in [3.8, 4) is 11.1 Å². The molecule has 1 atom stereocenters. The monoisotopic (exact) mass is 326 g/mol. The van der Waals surface area contributed by atoms with Crippen molar-refractivity contribution in [1.29, 1.82) is 0 Å². The van der Waals surface area contributed by atoms with E-state index in [1.807, 2.05) is 49.4 Å². The second-order valence-electron chi connectivity index (χ2n) is 5.52. The molecule has 2 rings (SSSR count). The fourth-order valence-corrected chi connectivity index (χ4v) is 2.37. The van der Waals surface area contributed by atoms with Crippen LogP contribution in [0.1, 0.15) is 19.8 Å². The first-order valence-corrected chi connectivity index (χ1v) is 8.03. The van der Waals surface area contributed by atoms with E-state index in [4.69, 9.17) is 0 Å². The highest BCUT2D eigenvalue weighted by Gasteiger charge is 2.16. The largest absolute Gasteiger partial charge is 0.391 e. The average Bonchev–Trinajstić information content (AvgIpc) is 2.61. The van der Waals surface area contributed by atoms with Crippen molar-refractivity contribution >= 4 is 17.5 Å². The molecule has 0 bridgehead atoms. The number of hydrogen-bond acceptors (Lipinski definition) is 3. The van der Waals surface area contributed by atoms with E-state index < -0.39 is 17.9 Å². The third-order valence-corrected chi connectivity index (χ3v) is 3.59. The summed E-state index contributed by atoms with van der Waals surface area (Å²) >= 11 is 0. The Morgan fingerprint density at radius 2 is 1.67 bits per heavy atom. The van der Waals surface area contributed by atoms with Crippen molar-refractivity contribution in [1.82, 2.24) is 5.32 Å². The van der Waals surface area contributed by atoms with Crippen LogP contribution in [0.3, 0.4) is 0 Å². The molecule has 2 aromatic carbocycles. The van der Waals surface area contributed by atoms with Gasteiger partial charge in [-0.15, -0.1) is 0 Å². The van der Waals surface area contributed by atoms with Crippen molar-refractivity contribution in [3.63, 3.8) is 0 Å². The molecule has 2 amide bonds. The molecule has 0 aliphatic heterocycles. The minimum atomic E-state index is -0.756. The van der Waals surface area contributed by atoms with Crippen molar-refractivity contribution in [2.24, 2.45) is 0 Å². The van der Waals surface area contributed by atoms with E-state index in [0.717, 1.165) is 17.5 Å². The Kier molecular flexibility index (Phi) is 6.51. The molecule has 0 aromatic heterocycles. The zero-order valence-corrected chi connectivity index (χ0v) is 13.7. The number of aliphatic hydroxyl groups is 1. The molecule has 5 nitrogen and oxygen atoms in total. The second kappa shape index (κ2) is 8.84. The van der Waals surface area contributed by atoms with Gasteiger partial charge in [0.25, 0.3) is 0 Å². The van der Waals surface area contributed by atoms with Crippen LogP contribution in [-0.2, 0) is 9.59 Å². The summed E-state index contributed by atoms with van der Waals surface area (Å²) in [5.74, 6) is -1.50. The molecule has 0 heterocycles. The van der Waals surface area contributed by atoms with Gasteiger partial charge in [-0.1, -0.05) is 61.9 Å². The van der Waals surface area contributed by atoms with Crippen LogP contribution in [0.15, 0.2) is 54.6 Å². The lowest BCUT2D eigenvalue weighted by molar-refractivity contribution is -0.136. The van der Waals surface area contributed by atoms with Gasteiger partial charge in [-0.05, 0) is 18.1 Å². The molecule has 5 heteroatoms. The first-order valence-electron chi connectivity index (χ1n) is 8.03. The molecule has 0 aliphatic rings. The number of aliphatic hydroxyl groups excluding tert-OH is 1. The molecular weight excluding hydrogens is 304 g/mol. The molecule has 126 valence electrons. The smallest absolute Gasteiger partial charge is 0.313 e. The number of nitrogens with one attached hydrogen (secondary N) is 2. The average molecular weight is 326 g/mol. The van der Waals surface area contributed by atoms with Crippen molar-refractivity contribution in [3.05, 3.63) is 54.6 Å². The summed E-state index contributed by atoms with van der Waals surface area (Å²) in [6, 6.07) is 16.9. The maximum atomic E-state index is 12.1. The molecule has 0 saturated heterocycles. The van der Waals surface area contributed by atoms with Crippen LogP contribution in [0.2, 0.25) is 0 Å². The van der Waals surface area contributed by atoms with Crippen LogP contribution in [0, 0.1) is 0 Å². The van der Waals surface area contributed by atoms with Gasteiger partial charge in [-0.25, -0.2) is 0 Å². The number of hydrogen-bond donors (Lipinski definition) is 3. The maximum absolute atomic E-state index is 12.1. The van der Waals surface area contributed by atoms with Gasteiger partial charge in [-0.2, -0.15) is 0 Å². The molecule has 3 N–H and O–H groups in total. The summed E-state index contributed by atoms with van der Waals surface area (Å²) in [5, 5.41) is 14.7. The van der Waals surface area contributed by atoms with E-state index in [9.17, 15) is 14.7 Å². The zero-order chi connectivity index (χ0) is 17.4. The van der Waals surface area contributed by atoms with Gasteiger partial charge in [0.1, 0.15) is 0 Å². The highest BCUT2D eigenvalue weighted by atomic mass is 16.3. The molecule has 0 saturated carbocycles. The van der Waals surface area contributed by atoms with E-state index >= 15 is 0 Å². The highest BCUT2D eigenvalue weighted by Crippen LogP contribution is 2.27. The van der Waals surface area contributed by atoms with Gasteiger partial charge in [0.15, 0.2) is 0 Å². The van der Waals surface area contributed by atoms with Gasteiger partial charge in [0.2, 0.25) is 0 Å². The zero-order valence-electron chi connectivity index (χ0n) is 13.7. The van der Waals surface area contributed by atoms with E-state index in [0.29, 0.717) is 12.1 Å². The number of para-hydroxylation sites is 1. The third-order valence-electron chi connectivity index (χ3n) is 3.59. The Balaban J connectivity index is 2.03. The van der Waals surface area contributed by atoms with Crippen molar-refractivity contribution in [2.45, 2.75) is 25.9 Å². The number of anilines is 1. The van der Waals surface area contributed by atoms with E-state index in [1.165, 1.54) is 0 Å². The summed E-state index contributed by atoms with van der Waals surface area (Å²) in [4.78, 5) is 23.9. The second-order valence-corrected chi connectivity index (χ2v) is 5.52. The summed E-state index contributed by atoms with van der Waals surface area (Å²) in [6.07, 6.45) is 0.759. The Morgan fingerprint density at radius 1 is 1.00 bits per heavy atom. The van der Waals surface area contributed by atoms with Crippen LogP contribution in [0.25, 0.3) is 11.1 Å². The van der Waals surface area contributed by atoms with Crippen LogP contribution in [-0.4, -0.2) is 29.6 Å². The summed E-state index contributed by atoms with van der Waals surface area (Å²) in [6.45, 7) is 2.01. The molecule has 2 aromatic rings. The number of rotatable bonds is 6. The van der Waals surface area contributed by atoms with Gasteiger partial charge >= 0.3 is 11.8 Å². The van der Waals surface area contributed by atoms with E-state index in [1.54, 1.807) is 12.1 Å². The van der Waals surface area contributed by atoms with Gasteiger partial charge < -0.3 is 15.7 Å². The van der Waals surface area contributed by atoms with E-state index in [-0.39, 0.29) is 6.54 Å². The first-order chi connectivity index (χ1) is 11.6. The van der Waals surface area contributed by atoms with Crippen LogP contribution >= 0.6 is 0 Å². The molecular formula is C19H22N2O3. The predicted molar refractivity (Wildman–Crippen MR) is 94.4 cm³/mol. The minimum Gasteiger partial charge on any atom is -0.391 e. The fraction of sp³-hybridized carbons (Fsp3) is 0.263. The fourth-order valence-electron chi connectivity index (χ4n) is 2.37. The number of amides is 2. The Bertz CT molecular complexity index is 686. The molecule has 0 spiro atoms. The molecule has 1 unspecified atom stereocenters. The molecule has 0 aliphatic carbocycles. The summed E-state index contributed by atoms with van der Waals surface area (Å²) < 4.78 is 0. The third kappa shape index (κ3) is 4.93. The maximum Gasteiger partial charge on any atom is 0.313 e. The Labute approximate surface area is 141 Å². The van der Waals surface area contributed by atoms with Crippen molar-refractivity contribution < 1.29 is 14.7 Å². The quantitative estimate of drug-likeness (QED) is 0.714. The van der Waals surface area contributed by atoms with Gasteiger partial charge in [-0.3, -0.25) is 9.59 Å². The van der Waals surface area contributed by atoms with E-state index in [2.05, 4.69) is 10.6 Å². The normalized spacial score (nSPS) is 11.6. The first kappa shape index (κ1) is 17.7. The van der Waals surface area contributed by atoms with Gasteiger partial charge in [0.05, 0.1) is 6.10 Å². The molecule has 0 radical (unpaired) electrons. The standard InChI is InChI=1S/C19H22N2O3/c1-2-8-15(22)13-20-18(23)19(24)21-17-12-7-6-11-16(17)14-9-4-3-5-10-14/h3-7,9-12,15,22H,2,8,13H2,1H3,(H,20,23)(H,21,24). The Hall–Kier alpha value is -2.66. The Morgan fingerprint density at radius 3 is 2.38 bits per heavy atom. The highest BCUT2D eigenvalue weighted by molar-refractivity contribution is 6.39. The molecule has 24 heavy (non-hydrogen) atoms. The van der Waals surface area contributed by atoms with Crippen LogP contribution < -0.4 is 10.6 Å².